The summed E-state index contributed by atoms with van der Waals surface area (Å²) in [5.41, 5.74) is 16.8. The molecule has 2 unspecified atom stereocenters. The lowest BCUT2D eigenvalue weighted by atomic mass is 9.72. The molecule has 52 heavy (non-hydrogen) atoms. The topological polar surface area (TPSA) is 22.8 Å². The molecule has 0 radical (unpaired) electrons. The van der Waals surface area contributed by atoms with Gasteiger partial charge in [-0.25, -0.2) is 4.98 Å². The van der Waals surface area contributed by atoms with E-state index in [2.05, 4.69) is 162 Å². The molecule has 0 spiro atoms. The summed E-state index contributed by atoms with van der Waals surface area (Å²) in [5.74, 6) is 0.846. The predicted octanol–water partition coefficient (Wildman–Crippen LogP) is 12.5. The second-order valence-corrected chi connectivity index (χ2v) is 14.7. The van der Waals surface area contributed by atoms with E-state index in [-0.39, 0.29) is 0 Å². The molecule has 3 aromatic heterocycles. The number of benzene rings is 7. The quantitative estimate of drug-likeness (QED) is 0.180. The second kappa shape index (κ2) is 10.3. The fourth-order valence-electron chi connectivity index (χ4n) is 10.0. The standard InChI is InChI=1S/C49H33N3/c1-29-33-15-4-5-17-35(33)41-28-45-48(46-38-20-7-6-18-36(38)40(29)27-42(41)46)47-34-16-3-2-12-30(34)23-24-44(47)51(45)31-13-10-14-32(26-31)52-43-22-9-8-19-37(43)39-21-11-25-50-49(39)52/h2-26,28-29,40H,27H2,1H3. The van der Waals surface area contributed by atoms with Crippen LogP contribution in [0.5, 0.6) is 0 Å². The maximum absolute atomic E-state index is 4.91. The molecule has 0 saturated carbocycles. The Hall–Kier alpha value is -6.45. The molecule has 0 saturated heterocycles. The Morgan fingerprint density at radius 1 is 0.519 bits per heavy atom. The molecule has 2 bridgehead atoms. The molecule has 3 heteroatoms. The van der Waals surface area contributed by atoms with Gasteiger partial charge in [0, 0.05) is 39.1 Å². The van der Waals surface area contributed by atoms with Gasteiger partial charge in [0.2, 0.25) is 0 Å². The van der Waals surface area contributed by atoms with Crippen LogP contribution in [0, 0.1) is 0 Å². The van der Waals surface area contributed by atoms with E-state index in [9.17, 15) is 0 Å². The van der Waals surface area contributed by atoms with Crippen LogP contribution in [0.2, 0.25) is 0 Å². The summed E-state index contributed by atoms with van der Waals surface area (Å²) in [6.07, 6.45) is 2.94. The molecule has 12 rings (SSSR count). The van der Waals surface area contributed by atoms with E-state index in [1.54, 1.807) is 0 Å². The molecule has 10 aromatic rings. The highest BCUT2D eigenvalue weighted by Crippen LogP contribution is 2.56. The number of rotatable bonds is 2. The zero-order valence-corrected chi connectivity index (χ0v) is 28.7. The molecular weight excluding hydrogens is 631 g/mol. The predicted molar refractivity (Wildman–Crippen MR) is 216 cm³/mol. The van der Waals surface area contributed by atoms with Crippen LogP contribution in [-0.2, 0) is 6.42 Å². The van der Waals surface area contributed by atoms with Crippen LogP contribution in [0.4, 0.5) is 0 Å². The monoisotopic (exact) mass is 663 g/mol. The highest BCUT2D eigenvalue weighted by molar-refractivity contribution is 6.26. The molecular formula is C49H33N3. The van der Waals surface area contributed by atoms with Crippen LogP contribution >= 0.6 is 0 Å². The zero-order chi connectivity index (χ0) is 34.1. The molecule has 0 fully saturated rings. The van der Waals surface area contributed by atoms with Crippen LogP contribution in [-0.4, -0.2) is 14.1 Å². The Morgan fingerprint density at radius 3 is 2.15 bits per heavy atom. The zero-order valence-electron chi connectivity index (χ0n) is 28.7. The van der Waals surface area contributed by atoms with E-state index in [0.717, 1.165) is 29.0 Å². The van der Waals surface area contributed by atoms with E-state index >= 15 is 0 Å². The summed E-state index contributed by atoms with van der Waals surface area (Å²) in [7, 11) is 0. The fourth-order valence-corrected chi connectivity index (χ4v) is 10.0. The molecule has 0 aliphatic heterocycles. The number of aromatic nitrogens is 3. The molecule has 2 atom stereocenters. The van der Waals surface area contributed by atoms with Crippen molar-refractivity contribution in [3.05, 3.63) is 175 Å². The number of hydrogen-bond donors (Lipinski definition) is 0. The molecule has 0 amide bonds. The van der Waals surface area contributed by atoms with Crippen molar-refractivity contribution in [1.82, 2.24) is 14.1 Å². The van der Waals surface area contributed by atoms with Gasteiger partial charge in [-0.2, -0.15) is 0 Å². The van der Waals surface area contributed by atoms with Gasteiger partial charge >= 0.3 is 0 Å². The van der Waals surface area contributed by atoms with Crippen molar-refractivity contribution in [1.29, 1.82) is 0 Å². The lowest BCUT2D eigenvalue weighted by Gasteiger charge is -2.31. The van der Waals surface area contributed by atoms with Gasteiger partial charge < -0.3 is 4.57 Å². The fraction of sp³-hybridized carbons (Fsp3) is 0.0816. The minimum atomic E-state index is 0.411. The van der Waals surface area contributed by atoms with Gasteiger partial charge in [0.05, 0.1) is 16.6 Å². The van der Waals surface area contributed by atoms with Crippen LogP contribution in [0.15, 0.2) is 158 Å². The summed E-state index contributed by atoms with van der Waals surface area (Å²) in [4.78, 5) is 4.91. The smallest absolute Gasteiger partial charge is 0.145 e. The number of para-hydroxylation sites is 1. The molecule has 2 aliphatic carbocycles. The van der Waals surface area contributed by atoms with Crippen molar-refractivity contribution in [2.24, 2.45) is 0 Å². The lowest BCUT2D eigenvalue weighted by molar-refractivity contribution is 0.575. The first-order valence-electron chi connectivity index (χ1n) is 18.4. The van der Waals surface area contributed by atoms with E-state index < -0.39 is 0 Å². The molecule has 2 aliphatic rings. The van der Waals surface area contributed by atoms with Crippen LogP contribution < -0.4 is 0 Å². The Labute approximate surface area is 301 Å². The van der Waals surface area contributed by atoms with E-state index in [1.807, 2.05) is 12.3 Å². The minimum absolute atomic E-state index is 0.411. The van der Waals surface area contributed by atoms with E-state index in [4.69, 9.17) is 4.98 Å². The van der Waals surface area contributed by atoms with Crippen LogP contribution in [0.25, 0.3) is 88.1 Å². The average molecular weight is 664 g/mol. The number of pyridine rings is 1. The first kappa shape index (κ1) is 28.3. The minimum Gasteiger partial charge on any atom is -0.309 e. The third-order valence-corrected chi connectivity index (χ3v) is 12.2. The van der Waals surface area contributed by atoms with Crippen molar-refractivity contribution in [3.8, 4) is 33.6 Å². The molecule has 244 valence electrons. The van der Waals surface area contributed by atoms with Crippen molar-refractivity contribution in [2.45, 2.75) is 25.2 Å². The van der Waals surface area contributed by atoms with Gasteiger partial charge in [-0.15, -0.1) is 0 Å². The summed E-state index contributed by atoms with van der Waals surface area (Å²) in [6.45, 7) is 2.44. The van der Waals surface area contributed by atoms with Gasteiger partial charge in [0.1, 0.15) is 5.65 Å². The summed E-state index contributed by atoms with van der Waals surface area (Å²) in [6, 6.07) is 56.4. The molecule has 0 N–H and O–H groups in total. The SMILES string of the molecule is CC1c2ccccc2-c2cc3c(c4c2CC1c1ccccc1-4)c1c2ccccc2ccc1n3-c1cccc(-n2c3ccccc3c3cccnc32)c1. The summed E-state index contributed by atoms with van der Waals surface area (Å²) >= 11 is 0. The van der Waals surface area contributed by atoms with Gasteiger partial charge in [0.25, 0.3) is 0 Å². The average Bonchev–Trinajstić information content (AvgIpc) is 3.69. The number of nitrogens with zero attached hydrogens (tertiary/aromatic N) is 3. The highest BCUT2D eigenvalue weighted by atomic mass is 15.1. The maximum Gasteiger partial charge on any atom is 0.145 e. The Kier molecular flexibility index (Phi) is 5.60. The number of fused-ring (bicyclic) bond motifs is 15. The van der Waals surface area contributed by atoms with E-state index in [1.165, 1.54) is 82.3 Å². The van der Waals surface area contributed by atoms with E-state index in [0.29, 0.717) is 11.8 Å². The Morgan fingerprint density at radius 2 is 1.25 bits per heavy atom. The molecule has 3 heterocycles. The van der Waals surface area contributed by atoms with Crippen LogP contribution in [0.1, 0.15) is 35.4 Å². The maximum atomic E-state index is 4.91. The second-order valence-electron chi connectivity index (χ2n) is 14.7. The van der Waals surface area contributed by atoms with Gasteiger partial charge in [-0.05, 0) is 117 Å². The summed E-state index contributed by atoms with van der Waals surface area (Å²) < 4.78 is 4.85. The largest absolute Gasteiger partial charge is 0.309 e. The normalized spacial score (nSPS) is 16.1. The molecule has 7 aromatic carbocycles. The van der Waals surface area contributed by atoms with Crippen molar-refractivity contribution >= 4 is 54.5 Å². The van der Waals surface area contributed by atoms with Crippen molar-refractivity contribution < 1.29 is 0 Å². The van der Waals surface area contributed by atoms with Crippen molar-refractivity contribution in [3.63, 3.8) is 0 Å². The third kappa shape index (κ3) is 3.62. The first-order valence-corrected chi connectivity index (χ1v) is 18.4. The van der Waals surface area contributed by atoms with Crippen molar-refractivity contribution in [2.75, 3.05) is 0 Å². The Balaban J connectivity index is 1.25. The Bertz CT molecular complexity index is 3090. The summed E-state index contributed by atoms with van der Waals surface area (Å²) in [5, 5.41) is 7.62. The van der Waals surface area contributed by atoms with Crippen LogP contribution in [0.3, 0.4) is 0 Å². The number of hydrogen-bond acceptors (Lipinski definition) is 1. The van der Waals surface area contributed by atoms with Gasteiger partial charge in [-0.1, -0.05) is 110 Å². The first-order chi connectivity index (χ1) is 25.7. The van der Waals surface area contributed by atoms with Gasteiger partial charge in [0.15, 0.2) is 0 Å². The third-order valence-electron chi connectivity index (χ3n) is 12.2. The lowest BCUT2D eigenvalue weighted by Crippen LogP contribution is -2.15. The highest BCUT2D eigenvalue weighted by Gasteiger charge is 2.37. The van der Waals surface area contributed by atoms with Gasteiger partial charge in [-0.3, -0.25) is 4.57 Å². The molecule has 3 nitrogen and oxygen atoms in total.